The van der Waals surface area contributed by atoms with E-state index in [-0.39, 0.29) is 18.1 Å². The SMILES string of the molecule is CC1CC(C)CC(NC(=O)NC2CCCCC2C(=O)O)C1. The molecule has 5 nitrogen and oxygen atoms in total. The van der Waals surface area contributed by atoms with Crippen molar-refractivity contribution in [2.45, 2.75) is 70.9 Å². The summed E-state index contributed by atoms with van der Waals surface area (Å²) in [6, 6.07) is -0.204. The minimum atomic E-state index is -0.792. The van der Waals surface area contributed by atoms with Gasteiger partial charge in [0.05, 0.1) is 5.92 Å². The number of hydrogen-bond acceptors (Lipinski definition) is 2. The van der Waals surface area contributed by atoms with Gasteiger partial charge in [0.25, 0.3) is 0 Å². The van der Waals surface area contributed by atoms with Crippen LogP contribution in [0.25, 0.3) is 0 Å². The summed E-state index contributed by atoms with van der Waals surface area (Å²) in [4.78, 5) is 23.4. The summed E-state index contributed by atoms with van der Waals surface area (Å²) in [6.45, 7) is 4.45. The smallest absolute Gasteiger partial charge is 0.315 e. The highest BCUT2D eigenvalue weighted by Crippen LogP contribution is 2.28. The fourth-order valence-corrected chi connectivity index (χ4v) is 4.06. The zero-order chi connectivity index (χ0) is 15.4. The zero-order valence-corrected chi connectivity index (χ0v) is 13.1. The molecule has 5 heteroatoms. The van der Waals surface area contributed by atoms with Gasteiger partial charge in [-0.1, -0.05) is 26.7 Å². The van der Waals surface area contributed by atoms with E-state index in [4.69, 9.17) is 0 Å². The number of carboxylic acids is 1. The number of carbonyl (C=O) groups is 2. The standard InChI is InChI=1S/C16H28N2O3/c1-10-7-11(2)9-12(8-10)17-16(21)18-14-6-4-3-5-13(14)15(19)20/h10-14H,3-9H2,1-2H3,(H,19,20)(H2,17,18,21). The molecule has 4 unspecified atom stereocenters. The molecule has 120 valence electrons. The summed E-state index contributed by atoms with van der Waals surface area (Å²) in [6.07, 6.45) is 6.62. The molecule has 0 radical (unpaired) electrons. The molecule has 2 aliphatic carbocycles. The summed E-state index contributed by atoms with van der Waals surface area (Å²) in [7, 11) is 0. The van der Waals surface area contributed by atoms with E-state index in [2.05, 4.69) is 24.5 Å². The van der Waals surface area contributed by atoms with Crippen molar-refractivity contribution >= 4 is 12.0 Å². The van der Waals surface area contributed by atoms with E-state index in [1.807, 2.05) is 0 Å². The van der Waals surface area contributed by atoms with Gasteiger partial charge in [-0.25, -0.2) is 4.79 Å². The molecule has 0 bridgehead atoms. The first-order chi connectivity index (χ1) is 9.95. The molecule has 0 aromatic heterocycles. The van der Waals surface area contributed by atoms with Gasteiger partial charge in [0.15, 0.2) is 0 Å². The van der Waals surface area contributed by atoms with Gasteiger partial charge < -0.3 is 15.7 Å². The van der Waals surface area contributed by atoms with Crippen molar-refractivity contribution in [2.75, 3.05) is 0 Å². The number of carboxylic acid groups (broad SMARTS) is 1. The second-order valence-corrected chi connectivity index (χ2v) is 7.07. The van der Waals surface area contributed by atoms with E-state index in [1.54, 1.807) is 0 Å². The van der Waals surface area contributed by atoms with Crippen molar-refractivity contribution in [3.8, 4) is 0 Å². The highest BCUT2D eigenvalue weighted by Gasteiger charge is 2.32. The van der Waals surface area contributed by atoms with Gasteiger partial charge >= 0.3 is 12.0 Å². The maximum absolute atomic E-state index is 12.1. The summed E-state index contributed by atoms with van der Waals surface area (Å²) >= 11 is 0. The first-order valence-electron chi connectivity index (χ1n) is 8.25. The number of urea groups is 1. The van der Waals surface area contributed by atoms with Crippen LogP contribution in [0.2, 0.25) is 0 Å². The largest absolute Gasteiger partial charge is 0.481 e. The zero-order valence-electron chi connectivity index (χ0n) is 13.1. The van der Waals surface area contributed by atoms with Gasteiger partial charge in [-0.2, -0.15) is 0 Å². The van der Waals surface area contributed by atoms with Crippen LogP contribution in [0.4, 0.5) is 4.79 Å². The van der Waals surface area contributed by atoms with E-state index in [1.165, 1.54) is 6.42 Å². The number of carbonyl (C=O) groups excluding carboxylic acids is 1. The number of hydrogen-bond donors (Lipinski definition) is 3. The topological polar surface area (TPSA) is 78.4 Å². The Labute approximate surface area is 126 Å². The lowest BCUT2D eigenvalue weighted by atomic mass is 9.80. The van der Waals surface area contributed by atoms with Crippen molar-refractivity contribution < 1.29 is 14.7 Å². The molecule has 2 amide bonds. The molecule has 0 heterocycles. The first kappa shape index (κ1) is 16.1. The molecule has 0 aromatic carbocycles. The third-order valence-corrected chi connectivity index (χ3v) is 4.91. The molecule has 0 aromatic rings. The molecular weight excluding hydrogens is 268 g/mol. The quantitative estimate of drug-likeness (QED) is 0.749. The Bertz CT molecular complexity index is 376. The highest BCUT2D eigenvalue weighted by atomic mass is 16.4. The summed E-state index contributed by atoms with van der Waals surface area (Å²) in [5.41, 5.74) is 0. The van der Waals surface area contributed by atoms with Crippen LogP contribution in [0.3, 0.4) is 0 Å². The lowest BCUT2D eigenvalue weighted by molar-refractivity contribution is -0.143. The Balaban J connectivity index is 1.84. The van der Waals surface area contributed by atoms with Gasteiger partial charge in [-0.15, -0.1) is 0 Å². The van der Waals surface area contributed by atoms with Gasteiger partial charge in [0.1, 0.15) is 0 Å². The number of nitrogens with one attached hydrogen (secondary N) is 2. The Morgan fingerprint density at radius 2 is 1.57 bits per heavy atom. The lowest BCUT2D eigenvalue weighted by Crippen LogP contribution is -2.52. The van der Waals surface area contributed by atoms with Crippen LogP contribution in [0, 0.1) is 17.8 Å². The maximum atomic E-state index is 12.1. The van der Waals surface area contributed by atoms with Gasteiger partial charge in [0, 0.05) is 12.1 Å². The molecule has 2 fully saturated rings. The van der Waals surface area contributed by atoms with Gasteiger partial charge in [-0.05, 0) is 43.9 Å². The number of aliphatic carboxylic acids is 1. The summed E-state index contributed by atoms with van der Waals surface area (Å²) in [5, 5.41) is 15.2. The van der Waals surface area contributed by atoms with E-state index < -0.39 is 11.9 Å². The van der Waals surface area contributed by atoms with Crippen molar-refractivity contribution in [3.63, 3.8) is 0 Å². The van der Waals surface area contributed by atoms with Crippen LogP contribution in [0.5, 0.6) is 0 Å². The molecule has 3 N–H and O–H groups in total. The number of rotatable bonds is 3. The molecule has 4 atom stereocenters. The van der Waals surface area contributed by atoms with E-state index in [0.717, 1.165) is 32.1 Å². The Hall–Kier alpha value is -1.26. The third-order valence-electron chi connectivity index (χ3n) is 4.91. The fraction of sp³-hybridized carbons (Fsp3) is 0.875. The average Bonchev–Trinajstić information content (AvgIpc) is 2.37. The van der Waals surface area contributed by atoms with Crippen molar-refractivity contribution in [2.24, 2.45) is 17.8 Å². The molecule has 0 aliphatic heterocycles. The van der Waals surface area contributed by atoms with Crippen molar-refractivity contribution in [1.29, 1.82) is 0 Å². The molecule has 2 saturated carbocycles. The number of amides is 2. The molecule has 0 spiro atoms. The Kier molecular flexibility index (Phi) is 5.48. The Morgan fingerprint density at radius 1 is 0.952 bits per heavy atom. The monoisotopic (exact) mass is 296 g/mol. The van der Waals surface area contributed by atoms with Gasteiger partial charge in [-0.3, -0.25) is 4.79 Å². The highest BCUT2D eigenvalue weighted by molar-refractivity contribution is 5.77. The normalized spacial score (nSPS) is 36.8. The van der Waals surface area contributed by atoms with Crippen LogP contribution >= 0.6 is 0 Å². The van der Waals surface area contributed by atoms with Crippen LogP contribution in [-0.4, -0.2) is 29.2 Å². The fourth-order valence-electron chi connectivity index (χ4n) is 4.06. The van der Waals surface area contributed by atoms with Crippen LogP contribution in [0.15, 0.2) is 0 Å². The lowest BCUT2D eigenvalue weighted by Gasteiger charge is -2.33. The molecule has 2 rings (SSSR count). The molecule has 2 aliphatic rings. The second-order valence-electron chi connectivity index (χ2n) is 7.07. The predicted octanol–water partition coefficient (Wildman–Crippen LogP) is 2.75. The van der Waals surface area contributed by atoms with Gasteiger partial charge in [0.2, 0.25) is 0 Å². The minimum absolute atomic E-state index is 0.195. The molecule has 0 saturated heterocycles. The second kappa shape index (κ2) is 7.14. The first-order valence-corrected chi connectivity index (χ1v) is 8.25. The van der Waals surface area contributed by atoms with Crippen LogP contribution in [0.1, 0.15) is 58.8 Å². The summed E-state index contributed by atoms with van der Waals surface area (Å²) in [5.74, 6) is 0.0506. The van der Waals surface area contributed by atoms with Crippen molar-refractivity contribution in [1.82, 2.24) is 10.6 Å². The van der Waals surface area contributed by atoms with Crippen molar-refractivity contribution in [3.05, 3.63) is 0 Å². The Morgan fingerprint density at radius 3 is 2.19 bits per heavy atom. The maximum Gasteiger partial charge on any atom is 0.315 e. The average molecular weight is 296 g/mol. The van der Waals surface area contributed by atoms with E-state index in [0.29, 0.717) is 18.3 Å². The predicted molar refractivity (Wildman–Crippen MR) is 81.0 cm³/mol. The molecular formula is C16H28N2O3. The van der Waals surface area contributed by atoms with E-state index in [9.17, 15) is 14.7 Å². The third kappa shape index (κ3) is 4.61. The van der Waals surface area contributed by atoms with Crippen LogP contribution in [-0.2, 0) is 4.79 Å². The van der Waals surface area contributed by atoms with E-state index >= 15 is 0 Å². The summed E-state index contributed by atoms with van der Waals surface area (Å²) < 4.78 is 0. The van der Waals surface area contributed by atoms with Crippen LogP contribution < -0.4 is 10.6 Å². The minimum Gasteiger partial charge on any atom is -0.481 e. The molecule has 21 heavy (non-hydrogen) atoms.